The molecule has 0 radical (unpaired) electrons. The predicted molar refractivity (Wildman–Crippen MR) is 114 cm³/mol. The van der Waals surface area contributed by atoms with E-state index < -0.39 is 0 Å². The second-order valence-electron chi connectivity index (χ2n) is 6.87. The molecule has 4 rings (SSSR count). The second kappa shape index (κ2) is 9.24. The molecule has 0 aromatic heterocycles. The molecular formula is C21H24ClN3O4. The third-order valence-corrected chi connectivity index (χ3v) is 5.02. The fourth-order valence-corrected chi connectivity index (χ4v) is 3.52. The third-order valence-electron chi connectivity index (χ3n) is 4.78. The van der Waals surface area contributed by atoms with Crippen LogP contribution in [0.4, 0.5) is 17.1 Å². The Kier molecular flexibility index (Phi) is 6.27. The molecule has 154 valence electrons. The first kappa shape index (κ1) is 19.7. The Labute approximate surface area is 174 Å². The fraction of sp³-hybridized carbons (Fsp3) is 0.381. The largest absolute Gasteiger partial charge is 0.490 e. The first-order valence-corrected chi connectivity index (χ1v) is 10.1. The summed E-state index contributed by atoms with van der Waals surface area (Å²) in [5.41, 5.74) is 2.51. The standard InChI is InChI=1S/C21H24ClN3O4/c22-15-2-4-18(25-6-10-27-11-7-25)17(12-15)23-14-21(26)24-16-3-5-19-20(13-16)29-9-1-8-28-19/h2-5,12-13,23H,1,6-11,14H2,(H,24,26). The van der Waals surface area contributed by atoms with Gasteiger partial charge in [-0.05, 0) is 30.3 Å². The molecule has 29 heavy (non-hydrogen) atoms. The molecule has 2 aromatic rings. The number of halogens is 1. The van der Waals surface area contributed by atoms with Crippen LogP contribution in [0.15, 0.2) is 36.4 Å². The molecule has 0 aliphatic carbocycles. The van der Waals surface area contributed by atoms with Crippen molar-refractivity contribution in [1.82, 2.24) is 0 Å². The first-order valence-electron chi connectivity index (χ1n) is 9.75. The van der Waals surface area contributed by atoms with E-state index in [1.807, 2.05) is 30.3 Å². The predicted octanol–water partition coefficient (Wildman–Crippen LogP) is 3.39. The minimum absolute atomic E-state index is 0.117. The molecule has 2 aliphatic rings. The Bertz CT molecular complexity index is 871. The maximum Gasteiger partial charge on any atom is 0.243 e. The average Bonchev–Trinajstić information content (AvgIpc) is 2.98. The number of nitrogens with zero attached hydrogens (tertiary/aromatic N) is 1. The summed E-state index contributed by atoms with van der Waals surface area (Å²) in [5, 5.41) is 6.72. The lowest BCUT2D eigenvalue weighted by atomic mass is 10.2. The number of carbonyl (C=O) groups excluding carboxylic acids is 1. The Morgan fingerprint density at radius 3 is 2.62 bits per heavy atom. The summed E-state index contributed by atoms with van der Waals surface area (Å²) in [6, 6.07) is 11.1. The molecule has 0 saturated carbocycles. The summed E-state index contributed by atoms with van der Waals surface area (Å²) in [5.74, 6) is 1.19. The van der Waals surface area contributed by atoms with Gasteiger partial charge in [0, 0.05) is 36.3 Å². The number of benzene rings is 2. The summed E-state index contributed by atoms with van der Waals surface area (Å²) in [6.07, 6.45) is 0.839. The normalized spacial score (nSPS) is 16.1. The monoisotopic (exact) mass is 417 g/mol. The molecule has 1 amide bonds. The number of anilines is 3. The summed E-state index contributed by atoms with van der Waals surface area (Å²) in [4.78, 5) is 14.7. The molecule has 1 saturated heterocycles. The second-order valence-corrected chi connectivity index (χ2v) is 7.31. The van der Waals surface area contributed by atoms with Gasteiger partial charge in [0.15, 0.2) is 11.5 Å². The van der Waals surface area contributed by atoms with Gasteiger partial charge in [0.1, 0.15) is 0 Å². The van der Waals surface area contributed by atoms with Crippen LogP contribution in [0.5, 0.6) is 11.5 Å². The molecule has 0 bridgehead atoms. The van der Waals surface area contributed by atoms with Gasteiger partial charge in [-0.3, -0.25) is 4.79 Å². The lowest BCUT2D eigenvalue weighted by Crippen LogP contribution is -2.36. The summed E-state index contributed by atoms with van der Waals surface area (Å²) in [7, 11) is 0. The number of carbonyl (C=O) groups is 1. The lowest BCUT2D eigenvalue weighted by Gasteiger charge is -2.30. The third kappa shape index (κ3) is 5.05. The van der Waals surface area contributed by atoms with Crippen LogP contribution in [0.3, 0.4) is 0 Å². The van der Waals surface area contributed by atoms with Gasteiger partial charge in [0.25, 0.3) is 0 Å². The topological polar surface area (TPSA) is 72.1 Å². The molecule has 2 aliphatic heterocycles. The Balaban J connectivity index is 1.40. The first-order chi connectivity index (χ1) is 14.2. The molecule has 7 nitrogen and oxygen atoms in total. The minimum atomic E-state index is -0.160. The molecule has 0 unspecified atom stereocenters. The van der Waals surface area contributed by atoms with Gasteiger partial charge in [0.2, 0.25) is 5.91 Å². The molecular weight excluding hydrogens is 394 g/mol. The quantitative estimate of drug-likeness (QED) is 0.777. The zero-order valence-corrected chi connectivity index (χ0v) is 16.8. The average molecular weight is 418 g/mol. The van der Waals surface area contributed by atoms with E-state index in [4.69, 9.17) is 25.8 Å². The van der Waals surface area contributed by atoms with Crippen molar-refractivity contribution >= 4 is 34.6 Å². The van der Waals surface area contributed by atoms with E-state index in [1.165, 1.54) is 0 Å². The van der Waals surface area contributed by atoms with Crippen molar-refractivity contribution in [2.45, 2.75) is 6.42 Å². The lowest BCUT2D eigenvalue weighted by molar-refractivity contribution is -0.114. The zero-order valence-electron chi connectivity index (χ0n) is 16.1. The van der Waals surface area contributed by atoms with Crippen LogP contribution in [0, 0.1) is 0 Å². The smallest absolute Gasteiger partial charge is 0.243 e. The van der Waals surface area contributed by atoms with Crippen molar-refractivity contribution in [3.63, 3.8) is 0 Å². The highest BCUT2D eigenvalue weighted by atomic mass is 35.5. The van der Waals surface area contributed by atoms with E-state index in [1.54, 1.807) is 6.07 Å². The van der Waals surface area contributed by atoms with Crippen LogP contribution in [-0.2, 0) is 9.53 Å². The van der Waals surface area contributed by atoms with Gasteiger partial charge in [0.05, 0.1) is 44.3 Å². The summed E-state index contributed by atoms with van der Waals surface area (Å²) in [6.45, 7) is 4.34. The van der Waals surface area contributed by atoms with Gasteiger partial charge in [-0.2, -0.15) is 0 Å². The number of ether oxygens (including phenoxy) is 3. The zero-order chi connectivity index (χ0) is 20.1. The van der Waals surface area contributed by atoms with E-state index in [0.29, 0.717) is 48.6 Å². The maximum absolute atomic E-state index is 12.5. The van der Waals surface area contributed by atoms with Crippen LogP contribution in [0.2, 0.25) is 5.02 Å². The van der Waals surface area contributed by atoms with Crippen molar-refractivity contribution in [1.29, 1.82) is 0 Å². The number of nitrogens with one attached hydrogen (secondary N) is 2. The Hall–Kier alpha value is -2.64. The van der Waals surface area contributed by atoms with Gasteiger partial charge in [-0.25, -0.2) is 0 Å². The molecule has 1 fully saturated rings. The summed E-state index contributed by atoms with van der Waals surface area (Å²) < 4.78 is 16.7. The van der Waals surface area contributed by atoms with Crippen molar-refractivity contribution in [2.75, 3.05) is 61.6 Å². The van der Waals surface area contributed by atoms with Crippen LogP contribution >= 0.6 is 11.6 Å². The molecule has 0 atom stereocenters. The highest BCUT2D eigenvalue weighted by molar-refractivity contribution is 6.31. The van der Waals surface area contributed by atoms with Gasteiger partial charge in [-0.1, -0.05) is 11.6 Å². The maximum atomic E-state index is 12.5. The molecule has 2 heterocycles. The number of amides is 1. The number of rotatable bonds is 5. The van der Waals surface area contributed by atoms with Crippen molar-refractivity contribution in [2.24, 2.45) is 0 Å². The number of hydrogen-bond acceptors (Lipinski definition) is 6. The Morgan fingerprint density at radius 2 is 1.79 bits per heavy atom. The van der Waals surface area contributed by atoms with E-state index in [9.17, 15) is 4.79 Å². The van der Waals surface area contributed by atoms with Crippen molar-refractivity contribution in [3.8, 4) is 11.5 Å². The van der Waals surface area contributed by atoms with Gasteiger partial charge in [-0.15, -0.1) is 0 Å². The SMILES string of the molecule is O=C(CNc1cc(Cl)ccc1N1CCOCC1)Nc1ccc2c(c1)OCCCO2. The molecule has 2 N–H and O–H groups in total. The molecule has 0 spiro atoms. The number of fused-ring (bicyclic) bond motifs is 1. The molecule has 2 aromatic carbocycles. The minimum Gasteiger partial charge on any atom is -0.490 e. The van der Waals surface area contributed by atoms with Crippen LogP contribution in [-0.4, -0.2) is 52.0 Å². The highest BCUT2D eigenvalue weighted by Crippen LogP contribution is 2.32. The van der Waals surface area contributed by atoms with Crippen LogP contribution < -0.4 is 25.0 Å². The summed E-state index contributed by atoms with van der Waals surface area (Å²) >= 11 is 6.17. The number of hydrogen-bond donors (Lipinski definition) is 2. The van der Waals surface area contributed by atoms with Gasteiger partial charge >= 0.3 is 0 Å². The van der Waals surface area contributed by atoms with Gasteiger partial charge < -0.3 is 29.7 Å². The fourth-order valence-electron chi connectivity index (χ4n) is 3.35. The van der Waals surface area contributed by atoms with E-state index in [0.717, 1.165) is 30.9 Å². The molecule has 8 heteroatoms. The van der Waals surface area contributed by atoms with Crippen molar-refractivity contribution < 1.29 is 19.0 Å². The van der Waals surface area contributed by atoms with E-state index in [2.05, 4.69) is 15.5 Å². The van der Waals surface area contributed by atoms with Crippen LogP contribution in [0.25, 0.3) is 0 Å². The van der Waals surface area contributed by atoms with Crippen LogP contribution in [0.1, 0.15) is 6.42 Å². The Morgan fingerprint density at radius 1 is 1.00 bits per heavy atom. The van der Waals surface area contributed by atoms with Crippen molar-refractivity contribution in [3.05, 3.63) is 41.4 Å². The van der Waals surface area contributed by atoms with E-state index in [-0.39, 0.29) is 12.5 Å². The number of morpholine rings is 1. The van der Waals surface area contributed by atoms with E-state index >= 15 is 0 Å². The highest BCUT2D eigenvalue weighted by Gasteiger charge is 2.16.